The third kappa shape index (κ3) is 2.57. The SMILES string of the molecule is CNC(=O)c1ccc(C2=CCNCC2CO)cn1. The van der Waals surface area contributed by atoms with Crippen LogP contribution < -0.4 is 10.6 Å². The Bertz CT molecular complexity index is 454. The quantitative estimate of drug-likeness (QED) is 0.705. The van der Waals surface area contributed by atoms with Gasteiger partial charge >= 0.3 is 0 Å². The van der Waals surface area contributed by atoms with Crippen LogP contribution in [0.3, 0.4) is 0 Å². The Morgan fingerprint density at radius 1 is 1.61 bits per heavy atom. The highest BCUT2D eigenvalue weighted by Gasteiger charge is 2.18. The van der Waals surface area contributed by atoms with Gasteiger partial charge in [-0.1, -0.05) is 12.1 Å². The van der Waals surface area contributed by atoms with Gasteiger partial charge in [-0.15, -0.1) is 0 Å². The number of nitrogens with zero attached hydrogens (tertiary/aromatic N) is 1. The van der Waals surface area contributed by atoms with Crippen LogP contribution in [0.4, 0.5) is 0 Å². The molecule has 0 saturated carbocycles. The summed E-state index contributed by atoms with van der Waals surface area (Å²) < 4.78 is 0. The molecule has 1 aliphatic rings. The molecule has 0 aliphatic carbocycles. The van der Waals surface area contributed by atoms with Gasteiger partial charge in [0.05, 0.1) is 6.61 Å². The third-order valence-corrected chi connectivity index (χ3v) is 3.07. The van der Waals surface area contributed by atoms with Crippen molar-refractivity contribution >= 4 is 11.5 Å². The topological polar surface area (TPSA) is 74.2 Å². The Labute approximate surface area is 106 Å². The van der Waals surface area contributed by atoms with E-state index in [0.29, 0.717) is 5.69 Å². The van der Waals surface area contributed by atoms with E-state index in [1.165, 1.54) is 0 Å². The standard InChI is InChI=1S/C13H17N3O2/c1-14-13(18)12-3-2-9(7-16-12)11-4-5-15-6-10(11)8-17/h2-4,7,10,15,17H,5-6,8H2,1H3,(H,14,18). The number of aromatic nitrogens is 1. The number of aliphatic hydroxyl groups is 1. The van der Waals surface area contributed by atoms with Crippen molar-refractivity contribution in [3.05, 3.63) is 35.7 Å². The molecule has 0 fully saturated rings. The van der Waals surface area contributed by atoms with Crippen LogP contribution in [-0.4, -0.2) is 42.7 Å². The Balaban J connectivity index is 2.23. The van der Waals surface area contributed by atoms with Crippen LogP contribution in [0.5, 0.6) is 0 Å². The highest BCUT2D eigenvalue weighted by Crippen LogP contribution is 2.24. The van der Waals surface area contributed by atoms with Gasteiger partial charge in [0.25, 0.3) is 5.91 Å². The second-order valence-corrected chi connectivity index (χ2v) is 4.21. The maximum absolute atomic E-state index is 11.4. The van der Waals surface area contributed by atoms with E-state index in [-0.39, 0.29) is 18.4 Å². The average Bonchev–Trinajstić information content (AvgIpc) is 2.46. The first-order valence-corrected chi connectivity index (χ1v) is 5.96. The van der Waals surface area contributed by atoms with E-state index in [0.717, 1.165) is 24.2 Å². The lowest BCUT2D eigenvalue weighted by molar-refractivity contribution is 0.0958. The number of amides is 1. The number of carbonyl (C=O) groups is 1. The normalized spacial score (nSPS) is 19.2. The lowest BCUT2D eigenvalue weighted by Crippen LogP contribution is -2.31. The fourth-order valence-electron chi connectivity index (χ4n) is 2.06. The molecular weight excluding hydrogens is 230 g/mol. The second-order valence-electron chi connectivity index (χ2n) is 4.21. The Morgan fingerprint density at radius 3 is 3.06 bits per heavy atom. The molecule has 1 aromatic rings. The minimum atomic E-state index is -0.195. The van der Waals surface area contributed by atoms with E-state index in [1.54, 1.807) is 19.3 Å². The maximum Gasteiger partial charge on any atom is 0.269 e. The molecule has 0 saturated heterocycles. The van der Waals surface area contributed by atoms with Gasteiger partial charge in [0.2, 0.25) is 0 Å². The second kappa shape index (κ2) is 5.75. The van der Waals surface area contributed by atoms with Gasteiger partial charge in [-0.3, -0.25) is 9.78 Å². The third-order valence-electron chi connectivity index (χ3n) is 3.07. The molecular formula is C13H17N3O2. The molecule has 1 unspecified atom stereocenters. The van der Waals surface area contributed by atoms with Crippen molar-refractivity contribution in [3.63, 3.8) is 0 Å². The van der Waals surface area contributed by atoms with Gasteiger partial charge in [0.15, 0.2) is 0 Å². The summed E-state index contributed by atoms with van der Waals surface area (Å²) in [5.74, 6) is -0.106. The van der Waals surface area contributed by atoms with Crippen molar-refractivity contribution in [1.29, 1.82) is 0 Å². The van der Waals surface area contributed by atoms with E-state index < -0.39 is 0 Å². The van der Waals surface area contributed by atoms with Gasteiger partial charge in [-0.05, 0) is 17.2 Å². The Kier molecular flexibility index (Phi) is 4.07. The van der Waals surface area contributed by atoms with E-state index >= 15 is 0 Å². The summed E-state index contributed by atoms with van der Waals surface area (Å²) in [5, 5.41) is 15.1. The van der Waals surface area contributed by atoms with E-state index in [9.17, 15) is 9.90 Å². The maximum atomic E-state index is 11.4. The fourth-order valence-corrected chi connectivity index (χ4v) is 2.06. The summed E-state index contributed by atoms with van der Waals surface area (Å²) in [6.07, 6.45) is 3.74. The number of rotatable bonds is 3. The highest BCUT2D eigenvalue weighted by atomic mass is 16.3. The van der Waals surface area contributed by atoms with Crippen LogP contribution in [0, 0.1) is 5.92 Å². The molecule has 2 heterocycles. The number of hydrogen-bond acceptors (Lipinski definition) is 4. The van der Waals surface area contributed by atoms with Crippen molar-refractivity contribution in [2.75, 3.05) is 26.7 Å². The van der Waals surface area contributed by atoms with Crippen molar-refractivity contribution in [2.24, 2.45) is 5.92 Å². The van der Waals surface area contributed by atoms with E-state index in [4.69, 9.17) is 0 Å². The minimum absolute atomic E-state index is 0.0893. The molecule has 3 N–H and O–H groups in total. The zero-order valence-electron chi connectivity index (χ0n) is 10.3. The van der Waals surface area contributed by atoms with Crippen LogP contribution >= 0.6 is 0 Å². The fraction of sp³-hybridized carbons (Fsp3) is 0.385. The zero-order chi connectivity index (χ0) is 13.0. The monoisotopic (exact) mass is 247 g/mol. The largest absolute Gasteiger partial charge is 0.396 e. The van der Waals surface area contributed by atoms with Crippen LogP contribution in [0.2, 0.25) is 0 Å². The lowest BCUT2D eigenvalue weighted by Gasteiger charge is -2.23. The molecule has 1 aliphatic heterocycles. The molecule has 1 atom stereocenters. The van der Waals surface area contributed by atoms with Crippen molar-refractivity contribution in [1.82, 2.24) is 15.6 Å². The van der Waals surface area contributed by atoms with Crippen molar-refractivity contribution in [2.45, 2.75) is 0 Å². The Morgan fingerprint density at radius 2 is 2.44 bits per heavy atom. The highest BCUT2D eigenvalue weighted by molar-refractivity contribution is 5.92. The number of nitrogens with one attached hydrogen (secondary N) is 2. The van der Waals surface area contributed by atoms with E-state index in [1.807, 2.05) is 6.07 Å². The first-order chi connectivity index (χ1) is 8.76. The molecule has 18 heavy (non-hydrogen) atoms. The molecule has 0 spiro atoms. The molecule has 5 nitrogen and oxygen atoms in total. The summed E-state index contributed by atoms with van der Waals surface area (Å²) in [6, 6.07) is 3.57. The molecule has 2 rings (SSSR count). The first kappa shape index (κ1) is 12.7. The van der Waals surface area contributed by atoms with Gasteiger partial charge in [-0.2, -0.15) is 0 Å². The van der Waals surface area contributed by atoms with Crippen LogP contribution in [0.15, 0.2) is 24.4 Å². The van der Waals surface area contributed by atoms with Gasteiger partial charge in [0, 0.05) is 32.3 Å². The number of carbonyl (C=O) groups excluding carboxylic acids is 1. The average molecular weight is 247 g/mol. The van der Waals surface area contributed by atoms with Crippen molar-refractivity contribution < 1.29 is 9.90 Å². The van der Waals surface area contributed by atoms with Gasteiger partial charge in [0.1, 0.15) is 5.69 Å². The molecule has 0 bridgehead atoms. The Hall–Kier alpha value is -1.72. The van der Waals surface area contributed by atoms with Crippen LogP contribution in [0.25, 0.3) is 5.57 Å². The number of hydrogen-bond donors (Lipinski definition) is 3. The first-order valence-electron chi connectivity index (χ1n) is 5.96. The van der Waals surface area contributed by atoms with Crippen LogP contribution in [-0.2, 0) is 0 Å². The number of pyridine rings is 1. The summed E-state index contributed by atoms with van der Waals surface area (Å²) >= 11 is 0. The number of aliphatic hydroxyl groups excluding tert-OH is 1. The molecule has 0 radical (unpaired) electrons. The molecule has 5 heteroatoms. The smallest absolute Gasteiger partial charge is 0.269 e. The molecule has 96 valence electrons. The summed E-state index contributed by atoms with van der Waals surface area (Å²) in [7, 11) is 1.58. The minimum Gasteiger partial charge on any atom is -0.396 e. The molecule has 1 aromatic heterocycles. The van der Waals surface area contributed by atoms with Gasteiger partial charge < -0.3 is 15.7 Å². The molecule has 0 aromatic carbocycles. The van der Waals surface area contributed by atoms with Crippen molar-refractivity contribution in [3.8, 4) is 0 Å². The van der Waals surface area contributed by atoms with Crippen LogP contribution in [0.1, 0.15) is 16.1 Å². The molecule has 1 amide bonds. The summed E-state index contributed by atoms with van der Waals surface area (Å²) in [6.45, 7) is 1.67. The predicted octanol–water partition coefficient (Wildman–Crippen LogP) is 0.0363. The predicted molar refractivity (Wildman–Crippen MR) is 69.0 cm³/mol. The van der Waals surface area contributed by atoms with E-state index in [2.05, 4.69) is 21.7 Å². The van der Waals surface area contributed by atoms with Gasteiger partial charge in [-0.25, -0.2) is 0 Å². The lowest BCUT2D eigenvalue weighted by atomic mass is 9.91. The zero-order valence-corrected chi connectivity index (χ0v) is 10.3. The summed E-state index contributed by atoms with van der Waals surface area (Å²) in [5.41, 5.74) is 2.45. The summed E-state index contributed by atoms with van der Waals surface area (Å²) in [4.78, 5) is 15.5.